The molecule has 9 heteroatoms. The average molecular weight is 456 g/mol. The number of alkyl halides is 3. The van der Waals surface area contributed by atoms with E-state index in [1.807, 2.05) is 12.2 Å². The minimum atomic E-state index is -4.48. The zero-order valence-corrected chi connectivity index (χ0v) is 18.3. The largest absolute Gasteiger partial charge is 0.452 e. The van der Waals surface area contributed by atoms with Crippen molar-refractivity contribution in [3.8, 4) is 0 Å². The fourth-order valence-corrected chi connectivity index (χ4v) is 4.38. The molecule has 0 saturated carbocycles. The first kappa shape index (κ1) is 21.6. The summed E-state index contributed by atoms with van der Waals surface area (Å²) < 4.78 is 45.7. The van der Waals surface area contributed by atoms with Crippen LogP contribution in [0, 0.1) is 24.6 Å². The SMILES string of the molecule is Cc1c(C)c(=O)c(=C2C=CC(N3CCNCC3)=NC2)c2oc3c(nc1=2)CC=C(C(F)(F)F)C=3. The highest BCUT2D eigenvalue weighted by Crippen LogP contribution is 2.28. The molecule has 2 aliphatic carbocycles. The first-order valence-corrected chi connectivity index (χ1v) is 10.9. The van der Waals surface area contributed by atoms with Gasteiger partial charge >= 0.3 is 6.18 Å². The maximum Gasteiger partial charge on any atom is 0.416 e. The smallest absolute Gasteiger partial charge is 0.416 e. The molecule has 0 aromatic carbocycles. The van der Waals surface area contributed by atoms with E-state index < -0.39 is 11.7 Å². The maximum absolute atomic E-state index is 13.3. The van der Waals surface area contributed by atoms with Gasteiger partial charge in [-0.05, 0) is 37.1 Å². The van der Waals surface area contributed by atoms with Gasteiger partial charge in [0, 0.05) is 38.2 Å². The van der Waals surface area contributed by atoms with Crippen LogP contribution < -0.4 is 21.4 Å². The van der Waals surface area contributed by atoms with Crippen molar-refractivity contribution in [2.45, 2.75) is 26.4 Å². The number of allylic oxidation sites excluding steroid dienone is 2. The molecule has 0 amide bonds. The Bertz CT molecular complexity index is 1480. The van der Waals surface area contributed by atoms with E-state index >= 15 is 0 Å². The lowest BCUT2D eigenvalue weighted by molar-refractivity contribution is -0.0869. The second kappa shape index (κ2) is 7.98. The van der Waals surface area contributed by atoms with Gasteiger partial charge in [0.2, 0.25) is 0 Å². The van der Waals surface area contributed by atoms with Gasteiger partial charge in [-0.25, -0.2) is 4.98 Å². The Balaban J connectivity index is 1.72. The third-order valence-electron chi connectivity index (χ3n) is 6.41. The Morgan fingerprint density at radius 1 is 1.12 bits per heavy atom. The number of nitrogens with zero attached hydrogens (tertiary/aromatic N) is 3. The molecule has 0 aromatic rings. The van der Waals surface area contributed by atoms with Gasteiger partial charge in [0.05, 0.1) is 23.0 Å². The second-order valence-corrected chi connectivity index (χ2v) is 8.43. The number of piperazine rings is 1. The predicted molar refractivity (Wildman–Crippen MR) is 118 cm³/mol. The van der Waals surface area contributed by atoms with Crippen molar-refractivity contribution in [3.05, 3.63) is 72.2 Å². The highest BCUT2D eigenvalue weighted by atomic mass is 19.4. The zero-order valence-electron chi connectivity index (χ0n) is 18.3. The van der Waals surface area contributed by atoms with Gasteiger partial charge in [0.15, 0.2) is 10.8 Å². The molecule has 0 spiro atoms. The Morgan fingerprint density at radius 3 is 2.55 bits per heavy atom. The lowest BCUT2D eigenvalue weighted by Crippen LogP contribution is -2.46. The van der Waals surface area contributed by atoms with Crippen LogP contribution in [-0.2, 0) is 6.42 Å². The van der Waals surface area contributed by atoms with Crippen molar-refractivity contribution < 1.29 is 17.6 Å². The van der Waals surface area contributed by atoms with E-state index in [0.29, 0.717) is 33.0 Å². The summed E-state index contributed by atoms with van der Waals surface area (Å²) in [5.41, 5.74) is 1.56. The molecule has 1 N–H and O–H groups in total. The van der Waals surface area contributed by atoms with Crippen molar-refractivity contribution in [2.24, 2.45) is 4.99 Å². The first-order chi connectivity index (χ1) is 15.7. The standard InChI is InChI=1S/C24H23F3N4O2/c1-13-14(2)22(32)20(15-3-6-19(29-12-15)31-9-7-28-8-10-31)23-21(13)30-17-5-4-16(24(25,26)27)11-18(17)33-23/h3-4,6,11,28H,5,7-10,12H2,1-2H3. The number of hydrogen-bond donors (Lipinski definition) is 1. The molecule has 0 bridgehead atoms. The molecular weight excluding hydrogens is 433 g/mol. The Hall–Kier alpha value is -3.20. The Kier molecular flexibility index (Phi) is 5.23. The van der Waals surface area contributed by atoms with Gasteiger partial charge in [0.25, 0.3) is 0 Å². The van der Waals surface area contributed by atoms with Gasteiger partial charge in [-0.1, -0.05) is 12.2 Å². The molecule has 1 saturated heterocycles. The fourth-order valence-electron chi connectivity index (χ4n) is 4.38. The van der Waals surface area contributed by atoms with Crippen molar-refractivity contribution in [1.82, 2.24) is 15.2 Å². The number of aliphatic imine (C=N–C) groups is 1. The minimum absolute atomic E-state index is 0.0158. The highest BCUT2D eigenvalue weighted by Gasteiger charge is 2.33. The molecule has 5 aliphatic rings. The van der Waals surface area contributed by atoms with E-state index in [1.165, 1.54) is 0 Å². The van der Waals surface area contributed by atoms with E-state index in [-0.39, 0.29) is 29.2 Å². The molecular formula is C24H23F3N4O2. The highest BCUT2D eigenvalue weighted by molar-refractivity contribution is 5.97. The summed E-state index contributed by atoms with van der Waals surface area (Å²) in [7, 11) is 0. The topological polar surface area (TPSA) is 70.7 Å². The summed E-state index contributed by atoms with van der Waals surface area (Å²) in [4.78, 5) is 24.7. The number of halogens is 3. The normalized spacial score (nSPS) is 20.3. The number of aromatic nitrogens is 1. The minimum Gasteiger partial charge on any atom is -0.452 e. The molecule has 0 radical (unpaired) electrons. The molecule has 3 heterocycles. The van der Waals surface area contributed by atoms with Crippen LogP contribution >= 0.6 is 0 Å². The van der Waals surface area contributed by atoms with E-state index in [1.54, 1.807) is 13.8 Å². The molecule has 172 valence electrons. The van der Waals surface area contributed by atoms with Crippen LogP contribution in [0.2, 0.25) is 0 Å². The molecule has 1 fully saturated rings. The van der Waals surface area contributed by atoms with Gasteiger partial charge in [-0.3, -0.25) is 9.79 Å². The average Bonchev–Trinajstić information content (AvgIpc) is 2.82. The van der Waals surface area contributed by atoms with Crippen molar-refractivity contribution in [3.63, 3.8) is 0 Å². The molecule has 0 aromatic heterocycles. The number of amidine groups is 1. The maximum atomic E-state index is 13.3. The van der Waals surface area contributed by atoms with Crippen molar-refractivity contribution >= 4 is 17.5 Å². The van der Waals surface area contributed by atoms with Crippen molar-refractivity contribution in [1.29, 1.82) is 0 Å². The molecule has 3 aliphatic heterocycles. The number of dihydropyridines is 1. The van der Waals surface area contributed by atoms with Crippen LogP contribution in [0.5, 0.6) is 0 Å². The third kappa shape index (κ3) is 3.80. The van der Waals surface area contributed by atoms with Crippen LogP contribution in [0.1, 0.15) is 16.8 Å². The molecule has 33 heavy (non-hydrogen) atoms. The first-order valence-electron chi connectivity index (χ1n) is 10.9. The monoisotopic (exact) mass is 456 g/mol. The van der Waals surface area contributed by atoms with Crippen molar-refractivity contribution in [2.75, 3.05) is 32.7 Å². The van der Waals surface area contributed by atoms with Crippen LogP contribution in [-0.4, -0.2) is 54.6 Å². The Morgan fingerprint density at radius 2 is 1.88 bits per heavy atom. The molecule has 0 unspecified atom stereocenters. The predicted octanol–water partition coefficient (Wildman–Crippen LogP) is 1.23. The van der Waals surface area contributed by atoms with E-state index in [9.17, 15) is 18.0 Å². The second-order valence-electron chi connectivity index (χ2n) is 8.43. The van der Waals surface area contributed by atoms with E-state index in [4.69, 9.17) is 4.42 Å². The number of rotatable bonds is 0. The van der Waals surface area contributed by atoms with Crippen LogP contribution in [0.4, 0.5) is 13.2 Å². The third-order valence-corrected chi connectivity index (χ3v) is 6.41. The number of fused-ring (bicyclic) bond motifs is 1. The summed E-state index contributed by atoms with van der Waals surface area (Å²) in [5.74, 6) is 0.863. The summed E-state index contributed by atoms with van der Waals surface area (Å²) >= 11 is 0. The summed E-state index contributed by atoms with van der Waals surface area (Å²) in [6.07, 6.45) is 1.33. The summed E-state index contributed by atoms with van der Waals surface area (Å²) in [5, 5.41) is 4.12. The lowest BCUT2D eigenvalue weighted by atomic mass is 10.0. The van der Waals surface area contributed by atoms with E-state index in [2.05, 4.69) is 20.2 Å². The lowest BCUT2D eigenvalue weighted by Gasteiger charge is -2.30. The molecule has 6 nitrogen and oxygen atoms in total. The summed E-state index contributed by atoms with van der Waals surface area (Å²) in [6, 6.07) is 0. The zero-order chi connectivity index (χ0) is 23.3. The summed E-state index contributed by atoms with van der Waals surface area (Å²) in [6.45, 7) is 7.28. The number of hydrogen-bond acceptors (Lipinski definition) is 6. The van der Waals surface area contributed by atoms with Gasteiger partial charge in [0.1, 0.15) is 16.6 Å². The Labute approximate surface area is 187 Å². The molecule has 5 rings (SSSR count). The van der Waals surface area contributed by atoms with Gasteiger partial charge in [-0.15, -0.1) is 0 Å². The van der Waals surface area contributed by atoms with Gasteiger partial charge in [-0.2, -0.15) is 13.2 Å². The number of nitrogens with one attached hydrogen (secondary N) is 1. The van der Waals surface area contributed by atoms with Crippen LogP contribution in [0.15, 0.2) is 38.0 Å². The van der Waals surface area contributed by atoms with Crippen LogP contribution in [0.25, 0.3) is 11.6 Å². The quantitative estimate of drug-likeness (QED) is 0.646. The molecule has 0 atom stereocenters. The van der Waals surface area contributed by atoms with E-state index in [0.717, 1.165) is 44.2 Å². The fraction of sp³-hybridized carbons (Fsp3) is 0.375. The van der Waals surface area contributed by atoms with Crippen LogP contribution in [0.3, 0.4) is 0 Å². The van der Waals surface area contributed by atoms with Gasteiger partial charge < -0.3 is 14.6 Å².